The van der Waals surface area contributed by atoms with Gasteiger partial charge in [0.2, 0.25) is 5.43 Å². The van der Waals surface area contributed by atoms with Gasteiger partial charge in [0.05, 0.1) is 0 Å². The number of hydrogen-bond donors (Lipinski definition) is 0. The molecule has 0 N–H and O–H groups in total. The first-order chi connectivity index (χ1) is 12.6. The van der Waals surface area contributed by atoms with Crippen LogP contribution in [0.2, 0.25) is 0 Å². The van der Waals surface area contributed by atoms with E-state index in [0.717, 1.165) is 15.8 Å². The van der Waals surface area contributed by atoms with Gasteiger partial charge in [-0.05, 0) is 24.6 Å². The quantitative estimate of drug-likeness (QED) is 0.408. The summed E-state index contributed by atoms with van der Waals surface area (Å²) in [6.45, 7) is 6.02. The summed E-state index contributed by atoms with van der Waals surface area (Å²) in [5.41, 5.74) is 1.31. The van der Waals surface area contributed by atoms with Crippen LogP contribution >= 0.6 is 11.3 Å². The molecule has 0 fully saturated rings. The Bertz CT molecular complexity index is 1280. The van der Waals surface area contributed by atoms with E-state index in [-0.39, 0.29) is 16.4 Å². The Balaban J connectivity index is 2.20. The van der Waals surface area contributed by atoms with E-state index in [4.69, 9.17) is 4.98 Å². The van der Waals surface area contributed by atoms with E-state index in [2.05, 4.69) is 6.58 Å². The summed E-state index contributed by atoms with van der Waals surface area (Å²) < 4.78 is 2.36. The fourth-order valence-electron chi connectivity index (χ4n) is 3.11. The number of hydrogen-bond acceptors (Lipinski definition) is 4. The molecular formula is C21H16N2O2S. The van der Waals surface area contributed by atoms with Gasteiger partial charge in [0, 0.05) is 22.2 Å². The largest absolute Gasteiger partial charge is 0.288 e. The molecule has 0 saturated carbocycles. The maximum absolute atomic E-state index is 13.2. The SMILES string of the molecule is C=CCn1c(-c2ccccc2C)nc2sc3ccccc3c(=O)c2c1=O. The number of aromatic nitrogens is 2. The van der Waals surface area contributed by atoms with Crippen LogP contribution in [-0.2, 0) is 6.54 Å². The Labute approximate surface area is 153 Å². The summed E-state index contributed by atoms with van der Waals surface area (Å²) in [6, 6.07) is 15.1. The lowest BCUT2D eigenvalue weighted by Crippen LogP contribution is -2.27. The smallest absolute Gasteiger partial charge is 0.266 e. The second-order valence-electron chi connectivity index (χ2n) is 6.06. The van der Waals surface area contributed by atoms with E-state index in [0.29, 0.717) is 22.6 Å². The van der Waals surface area contributed by atoms with Crippen molar-refractivity contribution in [2.24, 2.45) is 0 Å². The third kappa shape index (κ3) is 2.48. The molecule has 0 bridgehead atoms. The van der Waals surface area contributed by atoms with Crippen molar-refractivity contribution in [1.29, 1.82) is 0 Å². The fraction of sp³-hybridized carbons (Fsp3) is 0.0952. The van der Waals surface area contributed by atoms with Crippen LogP contribution in [0.3, 0.4) is 0 Å². The fourth-order valence-corrected chi connectivity index (χ4v) is 4.15. The highest BCUT2D eigenvalue weighted by molar-refractivity contribution is 7.24. The highest BCUT2D eigenvalue weighted by Crippen LogP contribution is 2.26. The number of allylic oxidation sites excluding steroid dienone is 1. The molecule has 0 radical (unpaired) electrons. The first kappa shape index (κ1) is 16.4. The van der Waals surface area contributed by atoms with Gasteiger partial charge < -0.3 is 0 Å². The molecule has 0 spiro atoms. The standard InChI is InChI=1S/C21H16N2O2S/c1-3-12-23-19(14-9-5-4-8-13(14)2)22-20-17(21(23)25)18(24)15-10-6-7-11-16(15)26-20/h3-11H,1,12H2,2H3. The second kappa shape index (κ2) is 6.35. The minimum absolute atomic E-state index is 0.146. The predicted molar refractivity (Wildman–Crippen MR) is 108 cm³/mol. The second-order valence-corrected chi connectivity index (χ2v) is 7.09. The lowest BCUT2D eigenvalue weighted by Gasteiger charge is -2.13. The molecule has 0 aliphatic heterocycles. The van der Waals surface area contributed by atoms with Crippen LogP contribution in [-0.4, -0.2) is 9.55 Å². The molecule has 0 saturated heterocycles. The van der Waals surface area contributed by atoms with Gasteiger partial charge in [-0.3, -0.25) is 14.2 Å². The summed E-state index contributed by atoms with van der Waals surface area (Å²) in [5, 5.41) is 0.700. The van der Waals surface area contributed by atoms with Crippen LogP contribution in [0.4, 0.5) is 0 Å². The van der Waals surface area contributed by atoms with Gasteiger partial charge >= 0.3 is 0 Å². The Morgan fingerprint density at radius 3 is 2.62 bits per heavy atom. The highest BCUT2D eigenvalue weighted by Gasteiger charge is 2.17. The molecule has 2 aromatic heterocycles. The van der Waals surface area contributed by atoms with E-state index in [1.807, 2.05) is 43.3 Å². The van der Waals surface area contributed by atoms with Gasteiger partial charge in [-0.15, -0.1) is 17.9 Å². The molecule has 0 aliphatic rings. The van der Waals surface area contributed by atoms with Gasteiger partial charge in [0.1, 0.15) is 16.0 Å². The summed E-state index contributed by atoms with van der Waals surface area (Å²) in [6.07, 6.45) is 1.64. The van der Waals surface area contributed by atoms with E-state index in [9.17, 15) is 9.59 Å². The Morgan fingerprint density at radius 2 is 1.85 bits per heavy atom. The monoisotopic (exact) mass is 360 g/mol. The molecule has 4 aromatic rings. The lowest BCUT2D eigenvalue weighted by atomic mass is 10.1. The molecule has 5 heteroatoms. The van der Waals surface area contributed by atoms with Crippen molar-refractivity contribution < 1.29 is 0 Å². The number of aryl methyl sites for hydroxylation is 1. The minimum Gasteiger partial charge on any atom is -0.288 e. The van der Waals surface area contributed by atoms with Gasteiger partial charge in [0.25, 0.3) is 5.56 Å². The van der Waals surface area contributed by atoms with Gasteiger partial charge in [-0.2, -0.15) is 0 Å². The van der Waals surface area contributed by atoms with E-state index < -0.39 is 0 Å². The third-order valence-electron chi connectivity index (χ3n) is 4.40. The van der Waals surface area contributed by atoms with Crippen molar-refractivity contribution in [2.45, 2.75) is 13.5 Å². The summed E-state index contributed by atoms with van der Waals surface area (Å²) >= 11 is 1.37. The van der Waals surface area contributed by atoms with Crippen molar-refractivity contribution in [3.8, 4) is 11.4 Å². The maximum Gasteiger partial charge on any atom is 0.266 e. The van der Waals surface area contributed by atoms with Crippen LogP contribution in [0, 0.1) is 6.92 Å². The van der Waals surface area contributed by atoms with Gasteiger partial charge in [-0.25, -0.2) is 4.98 Å². The summed E-state index contributed by atoms with van der Waals surface area (Å²) in [4.78, 5) is 31.3. The average Bonchev–Trinajstić information content (AvgIpc) is 2.64. The molecule has 26 heavy (non-hydrogen) atoms. The lowest BCUT2D eigenvalue weighted by molar-refractivity contribution is 0.779. The molecule has 0 atom stereocenters. The zero-order valence-corrected chi connectivity index (χ0v) is 15.0. The Hall–Kier alpha value is -3.05. The molecule has 4 rings (SSSR count). The number of nitrogens with zero attached hydrogens (tertiary/aromatic N) is 2. The van der Waals surface area contributed by atoms with Crippen LogP contribution in [0.25, 0.3) is 31.7 Å². The maximum atomic E-state index is 13.2. The molecule has 0 unspecified atom stereocenters. The number of rotatable bonds is 3. The summed E-state index contributed by atoms with van der Waals surface area (Å²) in [5.74, 6) is 0.562. The minimum atomic E-state index is -0.319. The van der Waals surface area contributed by atoms with Crippen LogP contribution in [0.15, 0.2) is 70.8 Å². The topological polar surface area (TPSA) is 52.0 Å². The number of benzene rings is 2. The van der Waals surface area contributed by atoms with E-state index in [1.54, 1.807) is 18.2 Å². The molecule has 2 heterocycles. The van der Waals surface area contributed by atoms with Crippen LogP contribution in [0.1, 0.15) is 5.56 Å². The summed E-state index contributed by atoms with van der Waals surface area (Å²) in [7, 11) is 0. The molecule has 0 amide bonds. The first-order valence-electron chi connectivity index (χ1n) is 8.25. The zero-order valence-electron chi connectivity index (χ0n) is 14.2. The average molecular weight is 360 g/mol. The highest BCUT2D eigenvalue weighted by atomic mass is 32.1. The van der Waals surface area contributed by atoms with Crippen molar-refractivity contribution in [3.05, 3.63) is 87.3 Å². The van der Waals surface area contributed by atoms with Crippen molar-refractivity contribution in [1.82, 2.24) is 9.55 Å². The van der Waals surface area contributed by atoms with Gasteiger partial charge in [-0.1, -0.05) is 42.5 Å². The van der Waals surface area contributed by atoms with Crippen LogP contribution < -0.4 is 11.0 Å². The predicted octanol–water partition coefficient (Wildman–Crippen LogP) is 4.13. The van der Waals surface area contributed by atoms with Crippen LogP contribution in [0.5, 0.6) is 0 Å². The first-order valence-corrected chi connectivity index (χ1v) is 9.06. The normalized spacial score (nSPS) is 11.1. The molecule has 4 nitrogen and oxygen atoms in total. The van der Waals surface area contributed by atoms with E-state index in [1.165, 1.54) is 15.9 Å². The van der Waals surface area contributed by atoms with Crippen molar-refractivity contribution in [2.75, 3.05) is 0 Å². The Morgan fingerprint density at radius 1 is 1.12 bits per heavy atom. The number of fused-ring (bicyclic) bond motifs is 2. The van der Waals surface area contributed by atoms with E-state index >= 15 is 0 Å². The van der Waals surface area contributed by atoms with Crippen molar-refractivity contribution in [3.63, 3.8) is 0 Å². The van der Waals surface area contributed by atoms with Crippen molar-refractivity contribution >= 4 is 31.6 Å². The Kier molecular flexibility index (Phi) is 4.01. The third-order valence-corrected chi connectivity index (χ3v) is 5.46. The van der Waals surface area contributed by atoms with Gasteiger partial charge in [0.15, 0.2) is 0 Å². The zero-order chi connectivity index (χ0) is 18.3. The molecule has 2 aromatic carbocycles. The molecule has 128 valence electrons. The molecule has 0 aliphatic carbocycles. The molecular weight excluding hydrogens is 344 g/mol.